The number of rotatable bonds is 2. The molecule has 1 aromatic carbocycles. The Morgan fingerprint density at radius 3 is 2.48 bits per heavy atom. The SMILES string of the molecule is O=C(NC(=S)NNC(=O)c1ccccc1Br)c1cccs1. The van der Waals surface area contributed by atoms with Crippen molar-refractivity contribution in [1.82, 2.24) is 16.2 Å². The maximum Gasteiger partial charge on any atom is 0.270 e. The van der Waals surface area contributed by atoms with Crippen molar-refractivity contribution in [3.63, 3.8) is 0 Å². The molecule has 2 amide bonds. The van der Waals surface area contributed by atoms with Crippen LogP contribution < -0.4 is 16.2 Å². The topological polar surface area (TPSA) is 70.2 Å². The predicted molar refractivity (Wildman–Crippen MR) is 89.1 cm³/mol. The van der Waals surface area contributed by atoms with E-state index in [2.05, 4.69) is 32.1 Å². The van der Waals surface area contributed by atoms with Crippen LogP contribution >= 0.6 is 39.5 Å². The second kappa shape index (κ2) is 7.30. The lowest BCUT2D eigenvalue weighted by Gasteiger charge is -2.10. The Bertz CT molecular complexity index is 674. The molecule has 0 aliphatic rings. The van der Waals surface area contributed by atoms with Crippen LogP contribution in [0.2, 0.25) is 0 Å². The highest BCUT2D eigenvalue weighted by molar-refractivity contribution is 9.10. The highest BCUT2D eigenvalue weighted by Crippen LogP contribution is 2.15. The standard InChI is InChI=1S/C13H10BrN3O2S2/c14-9-5-2-1-4-8(9)11(18)16-17-13(20)15-12(19)10-6-3-7-21-10/h1-7H,(H,16,18)(H2,15,17,19,20). The van der Waals surface area contributed by atoms with Gasteiger partial charge in [0.25, 0.3) is 11.8 Å². The third-order valence-corrected chi connectivity index (χ3v) is 4.14. The van der Waals surface area contributed by atoms with Crippen LogP contribution in [-0.2, 0) is 0 Å². The van der Waals surface area contributed by atoms with Crippen LogP contribution in [0.4, 0.5) is 0 Å². The molecule has 0 saturated carbocycles. The van der Waals surface area contributed by atoms with Gasteiger partial charge < -0.3 is 0 Å². The summed E-state index contributed by atoms with van der Waals surface area (Å²) in [7, 11) is 0. The van der Waals surface area contributed by atoms with E-state index in [1.807, 2.05) is 0 Å². The molecule has 0 atom stereocenters. The van der Waals surface area contributed by atoms with E-state index in [9.17, 15) is 9.59 Å². The third-order valence-electron chi connectivity index (χ3n) is 2.38. The summed E-state index contributed by atoms with van der Waals surface area (Å²) < 4.78 is 0.665. The van der Waals surface area contributed by atoms with Crippen molar-refractivity contribution in [1.29, 1.82) is 0 Å². The van der Waals surface area contributed by atoms with E-state index < -0.39 is 0 Å². The molecule has 0 unspecified atom stereocenters. The number of thiophene rings is 1. The second-order valence-electron chi connectivity index (χ2n) is 3.82. The van der Waals surface area contributed by atoms with Gasteiger partial charge in [0, 0.05) is 4.47 Å². The molecule has 21 heavy (non-hydrogen) atoms. The molecule has 8 heteroatoms. The summed E-state index contributed by atoms with van der Waals surface area (Å²) in [5, 5.41) is 4.28. The number of hydrogen-bond acceptors (Lipinski definition) is 4. The largest absolute Gasteiger partial charge is 0.297 e. The maximum atomic E-state index is 11.9. The molecular weight excluding hydrogens is 374 g/mol. The predicted octanol–water partition coefficient (Wildman–Crippen LogP) is 2.46. The van der Waals surface area contributed by atoms with Gasteiger partial charge in [-0.15, -0.1) is 11.3 Å². The molecular formula is C13H10BrN3O2S2. The monoisotopic (exact) mass is 383 g/mol. The van der Waals surface area contributed by atoms with Gasteiger partial charge in [0.15, 0.2) is 5.11 Å². The average Bonchev–Trinajstić information content (AvgIpc) is 2.99. The Morgan fingerprint density at radius 2 is 1.81 bits per heavy atom. The lowest BCUT2D eigenvalue weighted by atomic mass is 10.2. The molecule has 1 aromatic heterocycles. The van der Waals surface area contributed by atoms with Crippen LogP contribution in [0.1, 0.15) is 20.0 Å². The molecule has 0 saturated heterocycles. The molecule has 0 aliphatic heterocycles. The number of benzene rings is 1. The molecule has 0 bridgehead atoms. The molecule has 0 aliphatic carbocycles. The van der Waals surface area contributed by atoms with Crippen molar-refractivity contribution >= 4 is 56.4 Å². The summed E-state index contributed by atoms with van der Waals surface area (Å²) in [5.41, 5.74) is 5.36. The smallest absolute Gasteiger partial charge is 0.270 e. The number of hydrogen-bond donors (Lipinski definition) is 3. The Balaban J connectivity index is 1.86. The van der Waals surface area contributed by atoms with E-state index in [-0.39, 0.29) is 16.9 Å². The van der Waals surface area contributed by atoms with Crippen molar-refractivity contribution in [2.75, 3.05) is 0 Å². The third kappa shape index (κ3) is 4.35. The van der Waals surface area contributed by atoms with Gasteiger partial charge in [0.1, 0.15) is 0 Å². The first kappa shape index (κ1) is 15.6. The summed E-state index contributed by atoms with van der Waals surface area (Å²) >= 11 is 9.52. The van der Waals surface area contributed by atoms with Crippen molar-refractivity contribution in [2.45, 2.75) is 0 Å². The van der Waals surface area contributed by atoms with Crippen LogP contribution in [0.15, 0.2) is 46.3 Å². The first-order chi connectivity index (χ1) is 10.1. The number of thiocarbonyl (C=S) groups is 1. The maximum absolute atomic E-state index is 11.9. The lowest BCUT2D eigenvalue weighted by Crippen LogP contribution is -2.48. The Labute approximate surface area is 138 Å². The number of hydrazine groups is 1. The van der Waals surface area contributed by atoms with Crippen molar-refractivity contribution in [3.05, 3.63) is 56.7 Å². The fourth-order valence-electron chi connectivity index (χ4n) is 1.43. The molecule has 3 N–H and O–H groups in total. The van der Waals surface area contributed by atoms with Crippen LogP contribution in [0.5, 0.6) is 0 Å². The van der Waals surface area contributed by atoms with E-state index in [4.69, 9.17) is 12.2 Å². The second-order valence-corrected chi connectivity index (χ2v) is 6.03. The number of nitrogens with one attached hydrogen (secondary N) is 3. The highest BCUT2D eigenvalue weighted by atomic mass is 79.9. The number of amides is 2. The summed E-state index contributed by atoms with van der Waals surface area (Å²) in [6, 6.07) is 10.4. The summed E-state index contributed by atoms with van der Waals surface area (Å²) in [5.74, 6) is -0.687. The van der Waals surface area contributed by atoms with Crippen LogP contribution in [0.3, 0.4) is 0 Å². The first-order valence-corrected chi connectivity index (χ1v) is 7.85. The van der Waals surface area contributed by atoms with Crippen LogP contribution in [-0.4, -0.2) is 16.9 Å². The molecule has 2 rings (SSSR count). The van der Waals surface area contributed by atoms with Crippen molar-refractivity contribution in [2.24, 2.45) is 0 Å². The van der Waals surface area contributed by atoms with Crippen molar-refractivity contribution < 1.29 is 9.59 Å². The van der Waals surface area contributed by atoms with Crippen LogP contribution in [0, 0.1) is 0 Å². The average molecular weight is 384 g/mol. The minimum absolute atomic E-state index is 0.0220. The molecule has 0 spiro atoms. The number of carbonyl (C=O) groups is 2. The zero-order valence-electron chi connectivity index (χ0n) is 10.6. The van der Waals surface area contributed by atoms with Gasteiger partial charge in [-0.05, 0) is 51.7 Å². The Morgan fingerprint density at radius 1 is 1.05 bits per heavy atom. The summed E-state index contributed by atoms with van der Waals surface area (Å²) in [6.45, 7) is 0. The van der Waals surface area contributed by atoms with E-state index in [1.165, 1.54) is 11.3 Å². The number of carbonyl (C=O) groups excluding carboxylic acids is 2. The fraction of sp³-hybridized carbons (Fsp3) is 0. The van der Waals surface area contributed by atoms with E-state index in [0.717, 1.165) is 0 Å². The Hall–Kier alpha value is -1.77. The summed E-state index contributed by atoms with van der Waals surface area (Å²) in [6.07, 6.45) is 0. The normalized spacial score (nSPS) is 9.76. The van der Waals surface area contributed by atoms with Gasteiger partial charge in [-0.2, -0.15) is 0 Å². The molecule has 0 radical (unpaired) electrons. The quantitative estimate of drug-likeness (QED) is 0.550. The lowest BCUT2D eigenvalue weighted by molar-refractivity contribution is 0.0934. The zero-order chi connectivity index (χ0) is 15.2. The van der Waals surface area contributed by atoms with Crippen molar-refractivity contribution in [3.8, 4) is 0 Å². The van der Waals surface area contributed by atoms with Gasteiger partial charge >= 0.3 is 0 Å². The van der Waals surface area contributed by atoms with E-state index in [1.54, 1.807) is 41.8 Å². The summed E-state index contributed by atoms with van der Waals surface area (Å²) in [4.78, 5) is 24.2. The minimum Gasteiger partial charge on any atom is -0.297 e. The van der Waals surface area contributed by atoms with Gasteiger partial charge in [-0.25, -0.2) is 0 Å². The van der Waals surface area contributed by atoms with Crippen LogP contribution in [0.25, 0.3) is 0 Å². The molecule has 1 heterocycles. The molecule has 2 aromatic rings. The minimum atomic E-state index is -0.366. The first-order valence-electron chi connectivity index (χ1n) is 5.77. The fourth-order valence-corrected chi connectivity index (χ4v) is 2.66. The molecule has 5 nitrogen and oxygen atoms in total. The molecule has 0 fully saturated rings. The number of halogens is 1. The van der Waals surface area contributed by atoms with E-state index >= 15 is 0 Å². The van der Waals surface area contributed by atoms with Gasteiger partial charge in [-0.1, -0.05) is 18.2 Å². The van der Waals surface area contributed by atoms with E-state index in [0.29, 0.717) is 14.9 Å². The van der Waals surface area contributed by atoms with Gasteiger partial charge in [0.05, 0.1) is 10.4 Å². The van der Waals surface area contributed by atoms with Gasteiger partial charge in [-0.3, -0.25) is 25.8 Å². The van der Waals surface area contributed by atoms with Gasteiger partial charge in [0.2, 0.25) is 0 Å². The highest BCUT2D eigenvalue weighted by Gasteiger charge is 2.11. The zero-order valence-corrected chi connectivity index (χ0v) is 13.8. The Kier molecular flexibility index (Phi) is 5.43. The molecule has 108 valence electrons.